The van der Waals surface area contributed by atoms with Gasteiger partial charge in [0.2, 0.25) is 0 Å². The van der Waals surface area contributed by atoms with Gasteiger partial charge in [-0.3, -0.25) is 0 Å². The van der Waals surface area contributed by atoms with E-state index in [2.05, 4.69) is 32.9 Å². The Morgan fingerprint density at radius 3 is 2.50 bits per heavy atom. The maximum atomic E-state index is 2.36. The summed E-state index contributed by atoms with van der Waals surface area (Å²) in [6.07, 6.45) is 7.19. The normalized spacial score (nSPS) is 18.8. The summed E-state index contributed by atoms with van der Waals surface area (Å²) in [7, 11) is 0. The molecule has 0 bridgehead atoms. The molecule has 0 nitrogen and oxygen atoms in total. The number of rotatable bonds is 1. The second kappa shape index (κ2) is 3.05. The molecular weight excluding hydrogens is 120 g/mol. The van der Waals surface area contributed by atoms with Gasteiger partial charge in [-0.1, -0.05) is 31.6 Å². The first-order valence-corrected chi connectivity index (χ1v) is 4.07. The molecule has 0 aromatic carbocycles. The van der Waals surface area contributed by atoms with Crippen molar-refractivity contribution in [3.63, 3.8) is 0 Å². The van der Waals surface area contributed by atoms with Crippen molar-refractivity contribution in [3.05, 3.63) is 23.3 Å². The number of hydrogen-bond acceptors (Lipinski definition) is 0. The molecule has 0 atom stereocenters. The third-order valence-corrected chi connectivity index (χ3v) is 2.00. The highest BCUT2D eigenvalue weighted by atomic mass is 14.1. The molecule has 0 unspecified atom stereocenters. The van der Waals surface area contributed by atoms with Crippen molar-refractivity contribution in [1.82, 2.24) is 0 Å². The van der Waals surface area contributed by atoms with Gasteiger partial charge in [0.1, 0.15) is 0 Å². The van der Waals surface area contributed by atoms with Crippen molar-refractivity contribution in [3.8, 4) is 0 Å². The zero-order valence-corrected chi connectivity index (χ0v) is 7.15. The maximum absolute atomic E-state index is 2.36. The van der Waals surface area contributed by atoms with Gasteiger partial charge in [-0.05, 0) is 31.3 Å². The van der Waals surface area contributed by atoms with Crippen LogP contribution in [0, 0.1) is 5.92 Å². The highest BCUT2D eigenvalue weighted by molar-refractivity contribution is 5.27. The fraction of sp³-hybridized carbons (Fsp3) is 0.600. The minimum Gasteiger partial charge on any atom is -0.0807 e. The third-order valence-electron chi connectivity index (χ3n) is 2.00. The number of allylic oxidation sites excluding steroid dienone is 4. The van der Waals surface area contributed by atoms with Crippen LogP contribution in [-0.4, -0.2) is 0 Å². The van der Waals surface area contributed by atoms with E-state index in [0.717, 1.165) is 0 Å². The quantitative estimate of drug-likeness (QED) is 0.518. The van der Waals surface area contributed by atoms with Gasteiger partial charge in [-0.2, -0.15) is 0 Å². The first-order valence-electron chi connectivity index (χ1n) is 4.07. The molecule has 1 aliphatic carbocycles. The Kier molecular flexibility index (Phi) is 2.31. The summed E-state index contributed by atoms with van der Waals surface area (Å²) in [6.45, 7) is 6.72. The van der Waals surface area contributed by atoms with E-state index in [1.54, 1.807) is 0 Å². The summed E-state index contributed by atoms with van der Waals surface area (Å²) >= 11 is 0. The van der Waals surface area contributed by atoms with E-state index in [1.165, 1.54) is 24.0 Å². The van der Waals surface area contributed by atoms with E-state index >= 15 is 0 Å². The van der Waals surface area contributed by atoms with Gasteiger partial charge in [0.25, 0.3) is 0 Å². The van der Waals surface area contributed by atoms with Crippen LogP contribution in [0.2, 0.25) is 0 Å². The monoisotopic (exact) mass is 136 g/mol. The lowest BCUT2D eigenvalue weighted by Gasteiger charge is -2.13. The molecule has 0 aromatic rings. The second-order valence-corrected chi connectivity index (χ2v) is 3.39. The third kappa shape index (κ3) is 1.73. The summed E-state index contributed by atoms with van der Waals surface area (Å²) in [4.78, 5) is 0. The van der Waals surface area contributed by atoms with Gasteiger partial charge in [0.05, 0.1) is 0 Å². The smallest absolute Gasteiger partial charge is 0.0222 e. The van der Waals surface area contributed by atoms with E-state index in [9.17, 15) is 0 Å². The fourth-order valence-electron chi connectivity index (χ4n) is 1.28. The summed E-state index contributed by atoms with van der Waals surface area (Å²) < 4.78 is 0. The molecule has 56 valence electrons. The van der Waals surface area contributed by atoms with Crippen LogP contribution >= 0.6 is 0 Å². The van der Waals surface area contributed by atoms with Crippen LogP contribution < -0.4 is 0 Å². The summed E-state index contributed by atoms with van der Waals surface area (Å²) in [5.41, 5.74) is 3.05. The van der Waals surface area contributed by atoms with Gasteiger partial charge in [-0.25, -0.2) is 0 Å². The lowest BCUT2D eigenvalue weighted by Crippen LogP contribution is -1.96. The zero-order valence-electron chi connectivity index (χ0n) is 7.15. The minimum absolute atomic E-state index is 0.704. The second-order valence-electron chi connectivity index (χ2n) is 3.39. The van der Waals surface area contributed by atoms with Crippen LogP contribution in [0.25, 0.3) is 0 Å². The Balaban J connectivity index is 2.69. The predicted molar refractivity (Wildman–Crippen MR) is 45.9 cm³/mol. The molecule has 0 heteroatoms. The van der Waals surface area contributed by atoms with Crippen molar-refractivity contribution in [2.45, 2.75) is 33.6 Å². The first kappa shape index (κ1) is 7.59. The lowest BCUT2D eigenvalue weighted by molar-refractivity contribution is 0.765. The van der Waals surface area contributed by atoms with E-state index in [0.29, 0.717) is 5.92 Å². The standard InChI is InChI=1S/C10H16/c1-8(2)10-6-4-5-9(3)7-10/h6-8H,4-5H2,1-3H3. The molecule has 0 N–H and O–H groups in total. The Hall–Kier alpha value is -0.520. The van der Waals surface area contributed by atoms with E-state index in [-0.39, 0.29) is 0 Å². The van der Waals surface area contributed by atoms with Crippen LogP contribution in [0.4, 0.5) is 0 Å². The zero-order chi connectivity index (χ0) is 7.56. The maximum Gasteiger partial charge on any atom is -0.0222 e. The average Bonchev–Trinajstić information content (AvgIpc) is 1.88. The van der Waals surface area contributed by atoms with E-state index in [4.69, 9.17) is 0 Å². The number of hydrogen-bond donors (Lipinski definition) is 0. The van der Waals surface area contributed by atoms with E-state index < -0.39 is 0 Å². The molecule has 0 saturated heterocycles. The molecule has 0 aliphatic heterocycles. The topological polar surface area (TPSA) is 0 Å². The SMILES string of the molecule is CC1=CC(C(C)C)=CCC1. The van der Waals surface area contributed by atoms with Crippen molar-refractivity contribution < 1.29 is 0 Å². The summed E-state index contributed by atoms with van der Waals surface area (Å²) in [6, 6.07) is 0. The largest absolute Gasteiger partial charge is 0.0807 e. The Labute approximate surface area is 63.6 Å². The average molecular weight is 136 g/mol. The van der Waals surface area contributed by atoms with Crippen LogP contribution in [0.5, 0.6) is 0 Å². The molecule has 0 spiro atoms. The molecular formula is C10H16. The van der Waals surface area contributed by atoms with Gasteiger partial charge < -0.3 is 0 Å². The molecule has 0 amide bonds. The minimum atomic E-state index is 0.704. The Morgan fingerprint density at radius 2 is 2.10 bits per heavy atom. The van der Waals surface area contributed by atoms with Crippen LogP contribution in [0.15, 0.2) is 23.3 Å². The summed E-state index contributed by atoms with van der Waals surface area (Å²) in [5, 5.41) is 0. The van der Waals surface area contributed by atoms with Gasteiger partial charge in [0, 0.05) is 0 Å². The van der Waals surface area contributed by atoms with Crippen LogP contribution in [-0.2, 0) is 0 Å². The van der Waals surface area contributed by atoms with Crippen molar-refractivity contribution in [2.24, 2.45) is 5.92 Å². The molecule has 10 heavy (non-hydrogen) atoms. The highest BCUT2D eigenvalue weighted by Gasteiger charge is 2.04. The van der Waals surface area contributed by atoms with Crippen molar-refractivity contribution in [2.75, 3.05) is 0 Å². The van der Waals surface area contributed by atoms with Gasteiger partial charge in [-0.15, -0.1) is 0 Å². The van der Waals surface area contributed by atoms with Crippen molar-refractivity contribution in [1.29, 1.82) is 0 Å². The molecule has 0 aromatic heterocycles. The van der Waals surface area contributed by atoms with Crippen LogP contribution in [0.3, 0.4) is 0 Å². The molecule has 1 aliphatic rings. The highest BCUT2D eigenvalue weighted by Crippen LogP contribution is 2.21. The lowest BCUT2D eigenvalue weighted by atomic mass is 9.93. The van der Waals surface area contributed by atoms with Gasteiger partial charge >= 0.3 is 0 Å². The van der Waals surface area contributed by atoms with Crippen molar-refractivity contribution >= 4 is 0 Å². The van der Waals surface area contributed by atoms with E-state index in [1.807, 2.05) is 0 Å². The Morgan fingerprint density at radius 1 is 1.40 bits per heavy atom. The summed E-state index contributed by atoms with van der Waals surface area (Å²) in [5.74, 6) is 0.704. The Bertz CT molecular complexity index is 170. The first-order chi connectivity index (χ1) is 4.70. The van der Waals surface area contributed by atoms with Crippen LogP contribution in [0.1, 0.15) is 33.6 Å². The molecule has 0 heterocycles. The fourth-order valence-corrected chi connectivity index (χ4v) is 1.28. The molecule has 0 radical (unpaired) electrons. The predicted octanol–water partition coefficient (Wildman–Crippen LogP) is 3.31. The van der Waals surface area contributed by atoms with Gasteiger partial charge in [0.15, 0.2) is 0 Å². The molecule has 0 saturated carbocycles. The molecule has 1 rings (SSSR count). The molecule has 0 fully saturated rings.